The SMILES string of the molecule is COc1cc(-c2cc(S(C)(=O)=O)ccc2C(=O)Nc2cccc(-c3ccccn3)c2)ccc1C(N)=O. The lowest BCUT2D eigenvalue weighted by Gasteiger charge is -2.14. The first-order chi connectivity index (χ1) is 17.2. The first-order valence-corrected chi connectivity index (χ1v) is 12.7. The van der Waals surface area contributed by atoms with E-state index < -0.39 is 21.7 Å². The van der Waals surface area contributed by atoms with Gasteiger partial charge in [-0.25, -0.2) is 8.42 Å². The van der Waals surface area contributed by atoms with Crippen molar-refractivity contribution < 1.29 is 22.7 Å². The summed E-state index contributed by atoms with van der Waals surface area (Å²) in [5, 5.41) is 2.87. The molecule has 2 amide bonds. The number of amides is 2. The Bertz CT molecular complexity index is 1570. The molecular formula is C27H23N3O5S. The highest BCUT2D eigenvalue weighted by molar-refractivity contribution is 7.90. The Kier molecular flexibility index (Phi) is 6.84. The second-order valence-corrected chi connectivity index (χ2v) is 10.0. The van der Waals surface area contributed by atoms with E-state index in [0.717, 1.165) is 17.5 Å². The Hall–Kier alpha value is -4.50. The van der Waals surface area contributed by atoms with Gasteiger partial charge in [-0.1, -0.05) is 24.3 Å². The van der Waals surface area contributed by atoms with Gasteiger partial charge in [-0.2, -0.15) is 0 Å². The van der Waals surface area contributed by atoms with E-state index in [-0.39, 0.29) is 21.8 Å². The van der Waals surface area contributed by atoms with Gasteiger partial charge < -0.3 is 15.8 Å². The molecule has 0 spiro atoms. The van der Waals surface area contributed by atoms with Crippen molar-refractivity contribution in [3.63, 3.8) is 0 Å². The quantitative estimate of drug-likeness (QED) is 0.391. The van der Waals surface area contributed by atoms with Crippen molar-refractivity contribution >= 4 is 27.3 Å². The molecule has 1 aromatic heterocycles. The van der Waals surface area contributed by atoms with E-state index in [2.05, 4.69) is 10.3 Å². The van der Waals surface area contributed by atoms with Gasteiger partial charge in [0.1, 0.15) is 5.75 Å². The molecule has 1 heterocycles. The van der Waals surface area contributed by atoms with Gasteiger partial charge in [-0.3, -0.25) is 14.6 Å². The van der Waals surface area contributed by atoms with E-state index in [1.165, 1.54) is 31.4 Å². The molecule has 8 nitrogen and oxygen atoms in total. The van der Waals surface area contributed by atoms with Crippen LogP contribution in [0.2, 0.25) is 0 Å². The number of aromatic nitrogens is 1. The van der Waals surface area contributed by atoms with Crippen molar-refractivity contribution in [2.45, 2.75) is 4.90 Å². The Morgan fingerprint density at radius 3 is 2.33 bits per heavy atom. The van der Waals surface area contributed by atoms with Gasteiger partial charge in [0.25, 0.3) is 11.8 Å². The van der Waals surface area contributed by atoms with E-state index >= 15 is 0 Å². The topological polar surface area (TPSA) is 128 Å². The smallest absolute Gasteiger partial charge is 0.256 e. The molecular weight excluding hydrogens is 478 g/mol. The summed E-state index contributed by atoms with van der Waals surface area (Å²) in [5.41, 5.74) is 8.77. The minimum absolute atomic E-state index is 0.0455. The van der Waals surface area contributed by atoms with Gasteiger partial charge in [0.2, 0.25) is 0 Å². The number of hydrogen-bond acceptors (Lipinski definition) is 6. The normalized spacial score (nSPS) is 11.1. The molecule has 0 bridgehead atoms. The Balaban J connectivity index is 1.77. The molecule has 0 saturated heterocycles. The molecule has 0 aliphatic heterocycles. The summed E-state index contributed by atoms with van der Waals surface area (Å²) in [7, 11) is -2.16. The number of sulfone groups is 1. The molecule has 4 rings (SSSR count). The van der Waals surface area contributed by atoms with Gasteiger partial charge in [0.15, 0.2) is 9.84 Å². The van der Waals surface area contributed by atoms with Crippen LogP contribution in [-0.4, -0.2) is 38.6 Å². The maximum Gasteiger partial charge on any atom is 0.256 e. The van der Waals surface area contributed by atoms with Crippen molar-refractivity contribution in [1.82, 2.24) is 4.98 Å². The lowest BCUT2D eigenvalue weighted by atomic mass is 9.97. The first-order valence-electron chi connectivity index (χ1n) is 10.8. The zero-order valence-electron chi connectivity index (χ0n) is 19.6. The second-order valence-electron chi connectivity index (χ2n) is 8.01. The number of primary amides is 1. The minimum atomic E-state index is -3.55. The Morgan fingerprint density at radius 1 is 0.889 bits per heavy atom. The molecule has 0 unspecified atom stereocenters. The van der Waals surface area contributed by atoms with Crippen LogP contribution in [0.1, 0.15) is 20.7 Å². The molecule has 182 valence electrons. The van der Waals surface area contributed by atoms with Crippen LogP contribution in [0.5, 0.6) is 5.75 Å². The summed E-state index contributed by atoms with van der Waals surface area (Å²) in [5.74, 6) is -0.908. The third kappa shape index (κ3) is 5.26. The molecule has 3 aromatic carbocycles. The fraction of sp³-hybridized carbons (Fsp3) is 0.0741. The number of ether oxygens (including phenoxy) is 1. The predicted molar refractivity (Wildman–Crippen MR) is 138 cm³/mol. The molecule has 0 radical (unpaired) electrons. The number of anilines is 1. The summed E-state index contributed by atoms with van der Waals surface area (Å²) in [6, 6.07) is 21.7. The largest absolute Gasteiger partial charge is 0.496 e. The number of rotatable bonds is 7. The van der Waals surface area contributed by atoms with Crippen LogP contribution in [0.4, 0.5) is 5.69 Å². The summed E-state index contributed by atoms with van der Waals surface area (Å²) in [6.45, 7) is 0. The van der Waals surface area contributed by atoms with Crippen LogP contribution in [-0.2, 0) is 9.84 Å². The van der Waals surface area contributed by atoms with Crippen molar-refractivity contribution in [2.75, 3.05) is 18.7 Å². The molecule has 0 saturated carbocycles. The van der Waals surface area contributed by atoms with Gasteiger partial charge in [0.05, 0.1) is 23.3 Å². The number of hydrogen-bond donors (Lipinski definition) is 2. The van der Waals surface area contributed by atoms with Crippen LogP contribution >= 0.6 is 0 Å². The molecule has 3 N–H and O–H groups in total. The van der Waals surface area contributed by atoms with E-state index in [1.54, 1.807) is 36.5 Å². The van der Waals surface area contributed by atoms with E-state index in [0.29, 0.717) is 16.8 Å². The minimum Gasteiger partial charge on any atom is -0.496 e. The molecule has 0 aliphatic carbocycles. The maximum atomic E-state index is 13.4. The highest BCUT2D eigenvalue weighted by atomic mass is 32.2. The van der Waals surface area contributed by atoms with Crippen LogP contribution in [0.25, 0.3) is 22.4 Å². The lowest BCUT2D eigenvalue weighted by molar-refractivity contribution is 0.0994. The Labute approximate surface area is 208 Å². The standard InChI is InChI=1S/C27H23N3O5S/c1-35-25-15-17(9-11-22(25)26(28)31)23-16-20(36(2,33)34)10-12-21(23)27(32)30-19-7-5-6-18(14-19)24-8-3-4-13-29-24/h3-16H,1-2H3,(H2,28,31)(H,30,32). The number of nitrogens with one attached hydrogen (secondary N) is 1. The zero-order chi connectivity index (χ0) is 25.9. The van der Waals surface area contributed by atoms with Crippen molar-refractivity contribution in [3.05, 3.63) is 96.2 Å². The third-order valence-electron chi connectivity index (χ3n) is 5.52. The lowest BCUT2D eigenvalue weighted by Crippen LogP contribution is -2.14. The van der Waals surface area contributed by atoms with Crippen molar-refractivity contribution in [1.29, 1.82) is 0 Å². The van der Waals surface area contributed by atoms with E-state index in [9.17, 15) is 18.0 Å². The number of nitrogens with zero attached hydrogens (tertiary/aromatic N) is 1. The van der Waals surface area contributed by atoms with Crippen LogP contribution in [0.3, 0.4) is 0 Å². The van der Waals surface area contributed by atoms with Gasteiger partial charge in [-0.15, -0.1) is 0 Å². The molecule has 0 aliphatic rings. The summed E-state index contributed by atoms with van der Waals surface area (Å²) >= 11 is 0. The number of methoxy groups -OCH3 is 1. The predicted octanol–water partition coefficient (Wildman–Crippen LogP) is 4.18. The number of carbonyl (C=O) groups excluding carboxylic acids is 2. The van der Waals surface area contributed by atoms with Gasteiger partial charge >= 0.3 is 0 Å². The zero-order valence-corrected chi connectivity index (χ0v) is 20.4. The number of nitrogens with two attached hydrogens (primary N) is 1. The monoisotopic (exact) mass is 501 g/mol. The number of benzene rings is 3. The molecule has 4 aromatic rings. The summed E-state index contributed by atoms with van der Waals surface area (Å²) < 4.78 is 29.8. The third-order valence-corrected chi connectivity index (χ3v) is 6.63. The molecule has 36 heavy (non-hydrogen) atoms. The second kappa shape index (κ2) is 10.0. The van der Waals surface area contributed by atoms with Gasteiger partial charge in [0, 0.05) is 29.3 Å². The summed E-state index contributed by atoms with van der Waals surface area (Å²) in [4.78, 5) is 29.5. The average Bonchev–Trinajstić information content (AvgIpc) is 2.88. The Morgan fingerprint density at radius 2 is 1.67 bits per heavy atom. The average molecular weight is 502 g/mol. The highest BCUT2D eigenvalue weighted by Gasteiger charge is 2.19. The van der Waals surface area contributed by atoms with Crippen molar-refractivity contribution in [2.24, 2.45) is 5.73 Å². The van der Waals surface area contributed by atoms with Crippen molar-refractivity contribution in [3.8, 4) is 28.1 Å². The van der Waals surface area contributed by atoms with Crippen LogP contribution in [0, 0.1) is 0 Å². The number of carbonyl (C=O) groups is 2. The molecule has 0 fully saturated rings. The highest BCUT2D eigenvalue weighted by Crippen LogP contribution is 2.32. The number of pyridine rings is 1. The fourth-order valence-corrected chi connectivity index (χ4v) is 4.39. The summed E-state index contributed by atoms with van der Waals surface area (Å²) in [6.07, 6.45) is 2.78. The first kappa shape index (κ1) is 24.6. The fourth-order valence-electron chi connectivity index (χ4n) is 3.74. The van der Waals surface area contributed by atoms with Crippen LogP contribution in [0.15, 0.2) is 90.0 Å². The van der Waals surface area contributed by atoms with Gasteiger partial charge in [-0.05, 0) is 65.7 Å². The molecule has 0 atom stereocenters. The van der Waals surface area contributed by atoms with E-state index in [1.807, 2.05) is 24.3 Å². The van der Waals surface area contributed by atoms with Crippen LogP contribution < -0.4 is 15.8 Å². The van der Waals surface area contributed by atoms with E-state index in [4.69, 9.17) is 10.5 Å². The molecule has 9 heteroatoms. The maximum absolute atomic E-state index is 13.4.